The van der Waals surface area contributed by atoms with Crippen LogP contribution in [0.2, 0.25) is 0 Å². The SMILES string of the molecule is CC(C)(C)OC(=O)N1C2CCC1CN(c1nc(OC[C@@H]3CCCNC[C@H](F)C3)nc3cc(Br)cnc13)C2. The Morgan fingerprint density at radius 2 is 1.97 bits per heavy atom. The number of hydrogen-bond acceptors (Lipinski definition) is 8. The van der Waals surface area contributed by atoms with Crippen LogP contribution < -0.4 is 15.0 Å². The van der Waals surface area contributed by atoms with E-state index in [0.29, 0.717) is 49.5 Å². The summed E-state index contributed by atoms with van der Waals surface area (Å²) in [7, 11) is 0. The Morgan fingerprint density at radius 3 is 2.70 bits per heavy atom. The average molecular weight is 580 g/mol. The van der Waals surface area contributed by atoms with Crippen LogP contribution in [0.4, 0.5) is 15.0 Å². The maximum Gasteiger partial charge on any atom is 0.410 e. The second-order valence-electron chi connectivity index (χ2n) is 11.4. The van der Waals surface area contributed by atoms with Gasteiger partial charge in [-0.25, -0.2) is 14.2 Å². The van der Waals surface area contributed by atoms with E-state index in [9.17, 15) is 9.18 Å². The molecule has 0 spiro atoms. The zero-order chi connectivity index (χ0) is 26.2. The van der Waals surface area contributed by atoms with Crippen molar-refractivity contribution in [2.45, 2.75) is 76.7 Å². The Morgan fingerprint density at radius 1 is 1.22 bits per heavy atom. The summed E-state index contributed by atoms with van der Waals surface area (Å²) in [4.78, 5) is 31.1. The number of aromatic nitrogens is 3. The lowest BCUT2D eigenvalue weighted by Gasteiger charge is -2.41. The van der Waals surface area contributed by atoms with E-state index in [2.05, 4.69) is 36.1 Å². The number of piperazine rings is 1. The Balaban J connectivity index is 1.37. The molecule has 2 aromatic heterocycles. The number of amides is 1. The first kappa shape index (κ1) is 26.3. The fourth-order valence-electron chi connectivity index (χ4n) is 5.61. The molecule has 1 N–H and O–H groups in total. The minimum atomic E-state index is -0.876. The molecule has 202 valence electrons. The van der Waals surface area contributed by atoms with Gasteiger partial charge in [-0.05, 0) is 87.3 Å². The van der Waals surface area contributed by atoms with Crippen molar-refractivity contribution >= 4 is 38.9 Å². The number of carbonyl (C=O) groups is 1. The van der Waals surface area contributed by atoms with Crippen molar-refractivity contribution in [3.05, 3.63) is 16.7 Å². The first-order valence-electron chi connectivity index (χ1n) is 13.2. The van der Waals surface area contributed by atoms with Crippen LogP contribution in [0.3, 0.4) is 0 Å². The first-order chi connectivity index (χ1) is 17.7. The van der Waals surface area contributed by atoms with Crippen LogP contribution in [0.1, 0.15) is 52.9 Å². The zero-order valence-electron chi connectivity index (χ0n) is 21.8. The van der Waals surface area contributed by atoms with E-state index in [-0.39, 0.29) is 30.1 Å². The van der Waals surface area contributed by atoms with Gasteiger partial charge in [-0.1, -0.05) is 0 Å². The number of alkyl halides is 1. The number of anilines is 1. The maximum atomic E-state index is 14.2. The summed E-state index contributed by atoms with van der Waals surface area (Å²) in [6.07, 6.45) is 4.82. The van der Waals surface area contributed by atoms with Crippen molar-refractivity contribution in [2.24, 2.45) is 5.92 Å². The highest BCUT2D eigenvalue weighted by Crippen LogP contribution is 2.36. The molecule has 2 bridgehead atoms. The third kappa shape index (κ3) is 6.25. The van der Waals surface area contributed by atoms with Crippen LogP contribution in [0.5, 0.6) is 6.01 Å². The van der Waals surface area contributed by atoms with Crippen molar-refractivity contribution in [3.63, 3.8) is 0 Å². The standard InChI is InChI=1S/C26H36BrFN6O3/c1-26(2,3)37-25(35)34-19-6-7-20(34)14-33(13-19)23-22-21(10-17(27)11-30-22)31-24(32-23)36-15-16-5-4-8-29-12-18(28)9-16/h10-11,16,18-20,29H,4-9,12-15H2,1-3H3/t16-,18-,19?,20?/m1/s1. The van der Waals surface area contributed by atoms with Crippen molar-refractivity contribution in [1.82, 2.24) is 25.2 Å². The van der Waals surface area contributed by atoms with Crippen molar-refractivity contribution in [2.75, 3.05) is 37.7 Å². The monoisotopic (exact) mass is 578 g/mol. The normalized spacial score (nSPS) is 26.6. The average Bonchev–Trinajstić information content (AvgIpc) is 3.08. The van der Waals surface area contributed by atoms with Crippen LogP contribution >= 0.6 is 15.9 Å². The molecule has 1 amide bonds. The molecule has 3 aliphatic rings. The zero-order valence-corrected chi connectivity index (χ0v) is 23.3. The van der Waals surface area contributed by atoms with Crippen LogP contribution in [0.25, 0.3) is 11.0 Å². The fraction of sp³-hybridized carbons (Fsp3) is 0.692. The fourth-order valence-corrected chi connectivity index (χ4v) is 5.93. The molecular weight excluding hydrogens is 543 g/mol. The van der Waals surface area contributed by atoms with E-state index in [1.807, 2.05) is 31.7 Å². The second-order valence-corrected chi connectivity index (χ2v) is 12.3. The highest BCUT2D eigenvalue weighted by Gasteiger charge is 2.45. The summed E-state index contributed by atoms with van der Waals surface area (Å²) >= 11 is 3.50. The highest BCUT2D eigenvalue weighted by atomic mass is 79.9. The largest absolute Gasteiger partial charge is 0.463 e. The molecule has 5 rings (SSSR count). The predicted octanol–water partition coefficient (Wildman–Crippen LogP) is 4.48. The van der Waals surface area contributed by atoms with Crippen molar-refractivity contribution < 1.29 is 18.7 Å². The van der Waals surface area contributed by atoms with Crippen LogP contribution in [-0.4, -0.2) is 82.6 Å². The van der Waals surface area contributed by atoms with Gasteiger partial charge in [-0.2, -0.15) is 9.97 Å². The molecule has 3 saturated heterocycles. The van der Waals surface area contributed by atoms with Gasteiger partial charge >= 0.3 is 12.1 Å². The maximum absolute atomic E-state index is 14.2. The predicted molar refractivity (Wildman–Crippen MR) is 143 cm³/mol. The van der Waals surface area contributed by atoms with Crippen LogP contribution in [-0.2, 0) is 4.74 Å². The summed E-state index contributed by atoms with van der Waals surface area (Å²) in [5.74, 6) is 0.826. The van der Waals surface area contributed by atoms with Crippen molar-refractivity contribution in [1.29, 1.82) is 0 Å². The molecule has 0 radical (unpaired) electrons. The summed E-state index contributed by atoms with van der Waals surface area (Å²) in [5.41, 5.74) is 0.845. The second kappa shape index (κ2) is 10.8. The molecule has 0 aliphatic carbocycles. The van der Waals surface area contributed by atoms with Crippen LogP contribution in [0, 0.1) is 5.92 Å². The van der Waals surface area contributed by atoms with Gasteiger partial charge in [-0.15, -0.1) is 0 Å². The smallest absolute Gasteiger partial charge is 0.410 e. The summed E-state index contributed by atoms with van der Waals surface area (Å²) < 4.78 is 26.8. The van der Waals surface area contributed by atoms with Crippen molar-refractivity contribution in [3.8, 4) is 6.01 Å². The van der Waals surface area contributed by atoms with E-state index in [1.165, 1.54) is 0 Å². The van der Waals surface area contributed by atoms with Gasteiger partial charge in [0.2, 0.25) is 0 Å². The highest BCUT2D eigenvalue weighted by molar-refractivity contribution is 9.10. The van der Waals surface area contributed by atoms with E-state index in [0.717, 1.165) is 36.7 Å². The van der Waals surface area contributed by atoms with E-state index >= 15 is 0 Å². The molecule has 2 aromatic rings. The topological polar surface area (TPSA) is 92.7 Å². The summed E-state index contributed by atoms with van der Waals surface area (Å²) in [6, 6.07) is 2.28. The van der Waals surface area contributed by atoms with Gasteiger partial charge in [0.15, 0.2) is 5.82 Å². The van der Waals surface area contributed by atoms with Gasteiger partial charge in [0.25, 0.3) is 0 Å². The number of nitrogens with zero attached hydrogens (tertiary/aromatic N) is 5. The number of rotatable bonds is 4. The quantitative estimate of drug-likeness (QED) is 0.567. The molecule has 5 heterocycles. The lowest BCUT2D eigenvalue weighted by atomic mass is 9.96. The Labute approximate surface area is 225 Å². The van der Waals surface area contributed by atoms with Gasteiger partial charge < -0.3 is 19.7 Å². The minimum Gasteiger partial charge on any atom is -0.463 e. The summed E-state index contributed by atoms with van der Waals surface area (Å²) in [6.45, 7) is 8.55. The first-order valence-corrected chi connectivity index (χ1v) is 14.0. The summed E-state index contributed by atoms with van der Waals surface area (Å²) in [5, 5.41) is 3.14. The van der Waals surface area contributed by atoms with E-state index in [1.54, 1.807) is 6.20 Å². The lowest BCUT2D eigenvalue weighted by molar-refractivity contribution is 0.0123. The van der Waals surface area contributed by atoms with Crippen LogP contribution in [0.15, 0.2) is 16.7 Å². The Bertz CT molecular complexity index is 1120. The van der Waals surface area contributed by atoms with E-state index < -0.39 is 11.8 Å². The number of carbonyl (C=O) groups excluding carboxylic acids is 1. The minimum absolute atomic E-state index is 0.0449. The number of fused-ring (bicyclic) bond motifs is 3. The molecular formula is C26H36BrFN6O3. The molecule has 0 saturated carbocycles. The molecule has 4 atom stereocenters. The van der Waals surface area contributed by atoms with E-state index in [4.69, 9.17) is 14.5 Å². The molecule has 2 unspecified atom stereocenters. The third-order valence-electron chi connectivity index (χ3n) is 7.22. The number of halogens is 2. The molecule has 3 fully saturated rings. The molecule has 9 nitrogen and oxygen atoms in total. The molecule has 3 aliphatic heterocycles. The Hall–Kier alpha value is -2.27. The molecule has 0 aromatic carbocycles. The number of nitrogens with one attached hydrogen (secondary N) is 1. The lowest BCUT2D eigenvalue weighted by Crippen LogP contribution is -2.57. The third-order valence-corrected chi connectivity index (χ3v) is 7.65. The number of pyridine rings is 1. The number of ether oxygens (including phenoxy) is 2. The molecule has 37 heavy (non-hydrogen) atoms. The molecule has 11 heteroatoms. The van der Waals surface area contributed by atoms with Gasteiger partial charge in [0, 0.05) is 30.3 Å². The number of hydrogen-bond donors (Lipinski definition) is 1. The van der Waals surface area contributed by atoms with Gasteiger partial charge in [-0.3, -0.25) is 4.90 Å². The van der Waals surface area contributed by atoms with Gasteiger partial charge in [0.05, 0.1) is 24.2 Å². The van der Waals surface area contributed by atoms with Gasteiger partial charge in [0.1, 0.15) is 17.3 Å². The Kier molecular flexibility index (Phi) is 7.72.